The molecule has 0 saturated carbocycles. The molecule has 0 aliphatic carbocycles. The van der Waals surface area contributed by atoms with Gasteiger partial charge in [-0.15, -0.1) is 0 Å². The van der Waals surface area contributed by atoms with Crippen molar-refractivity contribution in [2.45, 2.75) is 25.9 Å². The number of carbonyl (C=O) groups is 2. The van der Waals surface area contributed by atoms with E-state index >= 15 is 0 Å². The smallest absolute Gasteiger partial charge is 0.319 e. The monoisotopic (exact) mass is 328 g/mol. The van der Waals surface area contributed by atoms with Crippen LogP contribution in [0.1, 0.15) is 23.6 Å². The summed E-state index contributed by atoms with van der Waals surface area (Å²) >= 11 is 6.21. The Labute approximate surface area is 140 Å². The Hall–Kier alpha value is -2.33. The number of carbonyl (C=O) groups excluding carboxylic acids is 2. The fraction of sp³-hybridized carbons (Fsp3) is 0.222. The Bertz CT molecular complexity index is 790. The van der Waals surface area contributed by atoms with E-state index in [4.69, 9.17) is 11.6 Å². The standard InChI is InChI=1S/C18H17ClN2O2/c1-12-6-5-7-13(10-12)11-21-16(22)18(2,20-17(21)23)14-8-3-4-9-15(14)19/h3-10H,11H2,1-2H3,(H,20,23)/t18-/m1/s1. The lowest BCUT2D eigenvalue weighted by Crippen LogP contribution is -2.41. The van der Waals surface area contributed by atoms with Crippen LogP contribution in [0.25, 0.3) is 0 Å². The summed E-state index contributed by atoms with van der Waals surface area (Å²) in [4.78, 5) is 26.4. The Balaban J connectivity index is 1.92. The van der Waals surface area contributed by atoms with E-state index in [1.807, 2.05) is 31.2 Å². The SMILES string of the molecule is Cc1cccc(CN2C(=O)N[C@](C)(c3ccccc3Cl)C2=O)c1. The van der Waals surface area contributed by atoms with Crippen molar-refractivity contribution in [1.82, 2.24) is 10.2 Å². The van der Waals surface area contributed by atoms with Crippen molar-refractivity contribution in [2.75, 3.05) is 0 Å². The molecule has 118 valence electrons. The van der Waals surface area contributed by atoms with Crippen LogP contribution in [0.3, 0.4) is 0 Å². The second kappa shape index (κ2) is 5.70. The van der Waals surface area contributed by atoms with E-state index in [2.05, 4.69) is 5.32 Å². The van der Waals surface area contributed by atoms with Gasteiger partial charge < -0.3 is 5.32 Å². The lowest BCUT2D eigenvalue weighted by molar-refractivity contribution is -0.131. The van der Waals surface area contributed by atoms with Gasteiger partial charge in [0.15, 0.2) is 0 Å². The number of nitrogens with zero attached hydrogens (tertiary/aromatic N) is 1. The molecule has 0 aromatic heterocycles. The number of aryl methyl sites for hydroxylation is 1. The van der Waals surface area contributed by atoms with Crippen LogP contribution in [0, 0.1) is 6.92 Å². The molecule has 1 saturated heterocycles. The minimum atomic E-state index is -1.14. The zero-order chi connectivity index (χ0) is 16.6. The highest BCUT2D eigenvalue weighted by Crippen LogP contribution is 2.33. The van der Waals surface area contributed by atoms with Gasteiger partial charge in [-0.1, -0.05) is 59.6 Å². The van der Waals surface area contributed by atoms with Crippen LogP contribution in [0.4, 0.5) is 4.79 Å². The van der Waals surface area contributed by atoms with Crippen molar-refractivity contribution in [3.05, 3.63) is 70.2 Å². The molecule has 0 radical (unpaired) electrons. The van der Waals surface area contributed by atoms with Crippen molar-refractivity contribution in [1.29, 1.82) is 0 Å². The molecule has 5 heteroatoms. The molecule has 1 aliphatic rings. The fourth-order valence-corrected chi connectivity index (χ4v) is 3.21. The van der Waals surface area contributed by atoms with E-state index in [0.717, 1.165) is 11.1 Å². The van der Waals surface area contributed by atoms with Gasteiger partial charge in [0.05, 0.1) is 6.54 Å². The molecule has 3 rings (SSSR count). The summed E-state index contributed by atoms with van der Waals surface area (Å²) in [5, 5.41) is 3.23. The predicted octanol–water partition coefficient (Wildman–Crippen LogP) is 3.62. The molecule has 3 amide bonds. The number of amides is 3. The highest BCUT2D eigenvalue weighted by Gasteiger charge is 2.49. The topological polar surface area (TPSA) is 49.4 Å². The summed E-state index contributed by atoms with van der Waals surface area (Å²) in [5.41, 5.74) is 1.46. The third-order valence-corrected chi connectivity index (χ3v) is 4.44. The third-order valence-electron chi connectivity index (χ3n) is 4.11. The normalized spacial score (nSPS) is 20.7. The van der Waals surface area contributed by atoms with Crippen LogP contribution in [0.5, 0.6) is 0 Å². The number of rotatable bonds is 3. The second-order valence-electron chi connectivity index (χ2n) is 5.92. The van der Waals surface area contributed by atoms with Crippen LogP contribution in [-0.4, -0.2) is 16.8 Å². The van der Waals surface area contributed by atoms with Crippen LogP contribution < -0.4 is 5.32 Å². The number of hydrogen-bond donors (Lipinski definition) is 1. The summed E-state index contributed by atoms with van der Waals surface area (Å²) in [6, 6.07) is 14.4. The van der Waals surface area contributed by atoms with Crippen molar-refractivity contribution in [3.8, 4) is 0 Å². The molecule has 2 aromatic rings. The fourth-order valence-electron chi connectivity index (χ4n) is 2.88. The summed E-state index contributed by atoms with van der Waals surface area (Å²) in [6.45, 7) is 3.90. The Morgan fingerprint density at radius 2 is 1.87 bits per heavy atom. The van der Waals surface area contributed by atoms with E-state index in [0.29, 0.717) is 10.6 Å². The molecule has 1 N–H and O–H groups in total. The van der Waals surface area contributed by atoms with E-state index in [1.165, 1.54) is 4.90 Å². The summed E-state index contributed by atoms with van der Waals surface area (Å²) in [5.74, 6) is -0.294. The first kappa shape index (κ1) is 15.6. The molecule has 2 aromatic carbocycles. The summed E-state index contributed by atoms with van der Waals surface area (Å²) in [6.07, 6.45) is 0. The first-order valence-electron chi connectivity index (χ1n) is 7.36. The highest BCUT2D eigenvalue weighted by atomic mass is 35.5. The Morgan fingerprint density at radius 3 is 2.57 bits per heavy atom. The molecular formula is C18H17ClN2O2. The molecule has 0 spiro atoms. The second-order valence-corrected chi connectivity index (χ2v) is 6.32. The molecule has 1 aliphatic heterocycles. The predicted molar refractivity (Wildman–Crippen MR) is 89.1 cm³/mol. The maximum absolute atomic E-state index is 12.9. The van der Waals surface area contributed by atoms with Gasteiger partial charge in [0.2, 0.25) is 0 Å². The van der Waals surface area contributed by atoms with E-state index in [9.17, 15) is 9.59 Å². The molecule has 4 nitrogen and oxygen atoms in total. The lowest BCUT2D eigenvalue weighted by Gasteiger charge is -2.23. The van der Waals surface area contributed by atoms with E-state index in [1.54, 1.807) is 31.2 Å². The minimum Gasteiger partial charge on any atom is -0.319 e. The molecule has 1 fully saturated rings. The zero-order valence-corrected chi connectivity index (χ0v) is 13.7. The quantitative estimate of drug-likeness (QED) is 0.875. The number of imide groups is 1. The van der Waals surface area contributed by atoms with Crippen molar-refractivity contribution in [3.63, 3.8) is 0 Å². The van der Waals surface area contributed by atoms with Crippen LogP contribution in [0.2, 0.25) is 5.02 Å². The Kier molecular flexibility index (Phi) is 3.86. The van der Waals surface area contributed by atoms with Gasteiger partial charge in [-0.05, 0) is 25.5 Å². The van der Waals surface area contributed by atoms with Gasteiger partial charge in [-0.3, -0.25) is 9.69 Å². The van der Waals surface area contributed by atoms with Crippen molar-refractivity contribution < 1.29 is 9.59 Å². The first-order valence-corrected chi connectivity index (χ1v) is 7.74. The van der Waals surface area contributed by atoms with E-state index < -0.39 is 11.6 Å². The third kappa shape index (κ3) is 2.70. The van der Waals surface area contributed by atoms with Crippen LogP contribution >= 0.6 is 11.6 Å². The average Bonchev–Trinajstić information content (AvgIpc) is 2.72. The number of benzene rings is 2. The van der Waals surface area contributed by atoms with Crippen LogP contribution in [0.15, 0.2) is 48.5 Å². The summed E-state index contributed by atoms with van der Waals surface area (Å²) in [7, 11) is 0. The molecule has 1 heterocycles. The lowest BCUT2D eigenvalue weighted by atomic mass is 9.92. The molecule has 0 unspecified atom stereocenters. The van der Waals surface area contributed by atoms with Crippen molar-refractivity contribution >= 4 is 23.5 Å². The van der Waals surface area contributed by atoms with Gasteiger partial charge >= 0.3 is 6.03 Å². The highest BCUT2D eigenvalue weighted by molar-refractivity contribution is 6.32. The number of nitrogens with one attached hydrogen (secondary N) is 1. The number of hydrogen-bond acceptors (Lipinski definition) is 2. The van der Waals surface area contributed by atoms with Gasteiger partial charge in [0, 0.05) is 10.6 Å². The Morgan fingerprint density at radius 1 is 1.13 bits per heavy atom. The van der Waals surface area contributed by atoms with Gasteiger partial charge in [0.1, 0.15) is 5.54 Å². The molecule has 1 atom stereocenters. The van der Waals surface area contributed by atoms with Gasteiger partial charge in [-0.25, -0.2) is 4.79 Å². The van der Waals surface area contributed by atoms with Gasteiger partial charge in [-0.2, -0.15) is 0 Å². The van der Waals surface area contributed by atoms with Crippen LogP contribution in [-0.2, 0) is 16.9 Å². The molecular weight excluding hydrogens is 312 g/mol. The minimum absolute atomic E-state index is 0.242. The van der Waals surface area contributed by atoms with Crippen molar-refractivity contribution in [2.24, 2.45) is 0 Å². The largest absolute Gasteiger partial charge is 0.325 e. The number of halogens is 1. The van der Waals surface area contributed by atoms with Gasteiger partial charge in [0.25, 0.3) is 5.91 Å². The van der Waals surface area contributed by atoms with E-state index in [-0.39, 0.29) is 12.5 Å². The first-order chi connectivity index (χ1) is 10.9. The average molecular weight is 329 g/mol. The molecule has 23 heavy (non-hydrogen) atoms. The summed E-state index contributed by atoms with van der Waals surface area (Å²) < 4.78 is 0. The zero-order valence-electron chi connectivity index (χ0n) is 13.0. The maximum atomic E-state index is 12.9. The molecule has 0 bridgehead atoms. The maximum Gasteiger partial charge on any atom is 0.325 e. The number of urea groups is 1.